The fourth-order valence-corrected chi connectivity index (χ4v) is 2.81. The SMILES string of the molecule is CC(N)C(=O)OCN(C(=O)c1ccc(Cl)cc1)N(C(=O)c1ccccc1)C(C)(C)C. The number of nitrogens with two attached hydrogens (primary N) is 1. The lowest BCUT2D eigenvalue weighted by Gasteiger charge is -2.43. The number of ether oxygens (including phenoxy) is 1. The highest BCUT2D eigenvalue weighted by molar-refractivity contribution is 6.30. The molecule has 0 heterocycles. The molecule has 0 spiro atoms. The maximum atomic E-state index is 13.3. The Labute approximate surface area is 181 Å². The lowest BCUT2D eigenvalue weighted by molar-refractivity contribution is -0.157. The van der Waals surface area contributed by atoms with Crippen LogP contribution < -0.4 is 5.73 Å². The van der Waals surface area contributed by atoms with Gasteiger partial charge in [0.25, 0.3) is 11.8 Å². The number of nitrogens with zero attached hydrogens (tertiary/aromatic N) is 2. The third-order valence-electron chi connectivity index (χ3n) is 4.12. The Morgan fingerprint density at radius 1 is 0.967 bits per heavy atom. The van der Waals surface area contributed by atoms with E-state index in [1.165, 1.54) is 11.9 Å². The van der Waals surface area contributed by atoms with Crippen molar-refractivity contribution in [3.63, 3.8) is 0 Å². The number of esters is 1. The third-order valence-corrected chi connectivity index (χ3v) is 4.37. The van der Waals surface area contributed by atoms with Gasteiger partial charge < -0.3 is 10.5 Å². The van der Waals surface area contributed by atoms with Crippen molar-refractivity contribution >= 4 is 29.4 Å². The predicted molar refractivity (Wildman–Crippen MR) is 115 cm³/mol. The molecule has 2 amide bonds. The summed E-state index contributed by atoms with van der Waals surface area (Å²) in [6, 6.07) is 13.9. The van der Waals surface area contributed by atoms with E-state index in [9.17, 15) is 14.4 Å². The Hall–Kier alpha value is -2.90. The molecule has 0 aliphatic rings. The Balaban J connectivity index is 2.48. The van der Waals surface area contributed by atoms with E-state index in [4.69, 9.17) is 22.1 Å². The van der Waals surface area contributed by atoms with E-state index < -0.39 is 36.1 Å². The number of carbonyl (C=O) groups excluding carboxylic acids is 3. The van der Waals surface area contributed by atoms with Crippen LogP contribution in [0.2, 0.25) is 5.02 Å². The largest absolute Gasteiger partial charge is 0.441 e. The van der Waals surface area contributed by atoms with E-state index in [1.807, 2.05) is 0 Å². The van der Waals surface area contributed by atoms with Crippen LogP contribution in [0, 0.1) is 0 Å². The van der Waals surface area contributed by atoms with Gasteiger partial charge in [0.05, 0.1) is 5.54 Å². The lowest BCUT2D eigenvalue weighted by atomic mass is 10.1. The van der Waals surface area contributed by atoms with Crippen LogP contribution in [-0.4, -0.2) is 46.1 Å². The topological polar surface area (TPSA) is 92.9 Å². The summed E-state index contributed by atoms with van der Waals surface area (Å²) >= 11 is 5.93. The second kappa shape index (κ2) is 9.73. The molecule has 0 aliphatic heterocycles. The number of amides is 2. The van der Waals surface area contributed by atoms with Crippen molar-refractivity contribution < 1.29 is 19.1 Å². The quantitative estimate of drug-likeness (QED) is 0.444. The van der Waals surface area contributed by atoms with Gasteiger partial charge in [-0.25, -0.2) is 10.0 Å². The number of rotatable bonds is 5. The monoisotopic (exact) mass is 431 g/mol. The van der Waals surface area contributed by atoms with Crippen LogP contribution in [-0.2, 0) is 9.53 Å². The molecular formula is C22H26ClN3O4. The van der Waals surface area contributed by atoms with Gasteiger partial charge in [-0.1, -0.05) is 29.8 Å². The third kappa shape index (κ3) is 5.81. The summed E-state index contributed by atoms with van der Waals surface area (Å²) in [7, 11) is 0. The van der Waals surface area contributed by atoms with E-state index in [2.05, 4.69) is 0 Å². The molecule has 8 heteroatoms. The zero-order valence-electron chi connectivity index (χ0n) is 17.5. The normalized spacial score (nSPS) is 12.1. The molecule has 1 atom stereocenters. The van der Waals surface area contributed by atoms with Crippen LogP contribution in [0.4, 0.5) is 0 Å². The molecule has 0 bridgehead atoms. The summed E-state index contributed by atoms with van der Waals surface area (Å²) in [5.41, 5.74) is 5.43. The molecule has 160 valence electrons. The highest BCUT2D eigenvalue weighted by atomic mass is 35.5. The molecule has 2 rings (SSSR count). The highest BCUT2D eigenvalue weighted by Crippen LogP contribution is 2.23. The molecule has 0 radical (unpaired) electrons. The summed E-state index contributed by atoms with van der Waals surface area (Å²) in [6.45, 7) is 6.35. The number of carbonyl (C=O) groups is 3. The highest BCUT2D eigenvalue weighted by Gasteiger charge is 2.37. The zero-order valence-corrected chi connectivity index (χ0v) is 18.2. The van der Waals surface area contributed by atoms with Gasteiger partial charge in [0.2, 0.25) is 0 Å². The van der Waals surface area contributed by atoms with Crippen molar-refractivity contribution in [1.82, 2.24) is 10.0 Å². The van der Waals surface area contributed by atoms with Crippen molar-refractivity contribution in [2.75, 3.05) is 6.73 Å². The van der Waals surface area contributed by atoms with Crippen molar-refractivity contribution in [3.05, 3.63) is 70.7 Å². The standard InChI is InChI=1S/C22H26ClN3O4/c1-15(24)21(29)30-14-25(19(27)17-10-12-18(23)13-11-17)26(22(2,3)4)20(28)16-8-6-5-7-9-16/h5-13,15H,14,24H2,1-4H3. The number of halogens is 1. The van der Waals surface area contributed by atoms with E-state index >= 15 is 0 Å². The minimum atomic E-state index is -0.870. The van der Waals surface area contributed by atoms with Crippen LogP contribution in [0.15, 0.2) is 54.6 Å². The minimum absolute atomic E-state index is 0.284. The van der Waals surface area contributed by atoms with Gasteiger partial charge in [0.15, 0.2) is 6.73 Å². The second-order valence-corrected chi connectivity index (χ2v) is 8.18. The molecule has 2 aromatic carbocycles. The molecule has 1 unspecified atom stereocenters. The fraction of sp³-hybridized carbons (Fsp3) is 0.318. The number of hydrogen-bond donors (Lipinski definition) is 1. The van der Waals surface area contributed by atoms with E-state index in [1.54, 1.807) is 75.4 Å². The Kier molecular flexibility index (Phi) is 7.59. The maximum absolute atomic E-state index is 13.3. The molecule has 0 fully saturated rings. The van der Waals surface area contributed by atoms with Gasteiger partial charge >= 0.3 is 5.97 Å². The Bertz CT molecular complexity index is 893. The summed E-state index contributed by atoms with van der Waals surface area (Å²) in [5.74, 6) is -1.63. The van der Waals surface area contributed by atoms with Crippen molar-refractivity contribution in [1.29, 1.82) is 0 Å². The van der Waals surface area contributed by atoms with Gasteiger partial charge in [0.1, 0.15) is 6.04 Å². The fourth-order valence-electron chi connectivity index (χ4n) is 2.68. The van der Waals surface area contributed by atoms with Gasteiger partial charge in [-0.3, -0.25) is 14.4 Å². The smallest absolute Gasteiger partial charge is 0.324 e. The molecule has 0 aromatic heterocycles. The summed E-state index contributed by atoms with van der Waals surface area (Å²) in [6.07, 6.45) is 0. The summed E-state index contributed by atoms with van der Waals surface area (Å²) in [5, 5.41) is 2.86. The Morgan fingerprint density at radius 3 is 2.00 bits per heavy atom. The minimum Gasteiger partial charge on any atom is -0.441 e. The molecule has 0 saturated carbocycles. The second-order valence-electron chi connectivity index (χ2n) is 7.75. The van der Waals surface area contributed by atoms with Crippen molar-refractivity contribution in [2.24, 2.45) is 5.73 Å². The summed E-state index contributed by atoms with van der Waals surface area (Å²) in [4.78, 5) is 38.6. The van der Waals surface area contributed by atoms with Gasteiger partial charge in [0, 0.05) is 16.1 Å². The van der Waals surface area contributed by atoms with Crippen LogP contribution in [0.3, 0.4) is 0 Å². The molecule has 0 saturated heterocycles. The zero-order chi connectivity index (χ0) is 22.5. The number of hydrogen-bond acceptors (Lipinski definition) is 5. The van der Waals surface area contributed by atoms with Gasteiger partial charge in [-0.2, -0.15) is 0 Å². The van der Waals surface area contributed by atoms with Crippen LogP contribution in [0.5, 0.6) is 0 Å². The Morgan fingerprint density at radius 2 is 1.50 bits per heavy atom. The van der Waals surface area contributed by atoms with Crippen molar-refractivity contribution in [3.8, 4) is 0 Å². The van der Waals surface area contributed by atoms with E-state index in [-0.39, 0.29) is 5.56 Å². The molecule has 30 heavy (non-hydrogen) atoms. The molecule has 2 aromatic rings. The van der Waals surface area contributed by atoms with Crippen LogP contribution in [0.25, 0.3) is 0 Å². The molecular weight excluding hydrogens is 406 g/mol. The van der Waals surface area contributed by atoms with Crippen LogP contribution in [0.1, 0.15) is 48.4 Å². The summed E-state index contributed by atoms with van der Waals surface area (Å²) < 4.78 is 5.22. The number of benzene rings is 2. The average molecular weight is 432 g/mol. The van der Waals surface area contributed by atoms with E-state index in [0.717, 1.165) is 5.01 Å². The first-order chi connectivity index (χ1) is 14.0. The average Bonchev–Trinajstić information content (AvgIpc) is 2.70. The first-order valence-electron chi connectivity index (χ1n) is 9.41. The predicted octanol–water partition coefficient (Wildman–Crippen LogP) is 3.49. The van der Waals surface area contributed by atoms with Crippen molar-refractivity contribution in [2.45, 2.75) is 39.3 Å². The van der Waals surface area contributed by atoms with Gasteiger partial charge in [-0.05, 0) is 64.1 Å². The first-order valence-corrected chi connectivity index (χ1v) is 9.79. The molecule has 0 aliphatic carbocycles. The van der Waals surface area contributed by atoms with E-state index in [0.29, 0.717) is 10.6 Å². The van der Waals surface area contributed by atoms with Gasteiger partial charge in [-0.15, -0.1) is 0 Å². The maximum Gasteiger partial charge on any atom is 0.324 e. The van der Waals surface area contributed by atoms with Crippen LogP contribution >= 0.6 is 11.6 Å². The number of hydrazine groups is 1. The first kappa shape index (κ1) is 23.4. The lowest BCUT2D eigenvalue weighted by Crippen LogP contribution is -2.59. The molecule has 2 N–H and O–H groups in total. The molecule has 7 nitrogen and oxygen atoms in total.